The van der Waals surface area contributed by atoms with Crippen LogP contribution < -0.4 is 15.8 Å². The van der Waals surface area contributed by atoms with Crippen LogP contribution in [0.5, 0.6) is 5.75 Å². The van der Waals surface area contributed by atoms with Crippen LogP contribution >= 0.6 is 0 Å². The van der Waals surface area contributed by atoms with Crippen molar-refractivity contribution >= 4 is 11.4 Å². The molecule has 18 heavy (non-hydrogen) atoms. The van der Waals surface area contributed by atoms with Crippen LogP contribution in [0.2, 0.25) is 0 Å². The normalized spacial score (nSPS) is 18.8. The van der Waals surface area contributed by atoms with Gasteiger partial charge in [-0.1, -0.05) is 0 Å². The van der Waals surface area contributed by atoms with E-state index in [4.69, 9.17) is 20.3 Å². The van der Waals surface area contributed by atoms with Crippen molar-refractivity contribution in [3.8, 4) is 5.75 Å². The number of hydrogen-bond donors (Lipinski definition) is 3. The van der Waals surface area contributed by atoms with Gasteiger partial charge in [0.2, 0.25) is 0 Å². The molecule has 4 N–H and O–H groups in total. The molecule has 1 aromatic rings. The van der Waals surface area contributed by atoms with E-state index >= 15 is 0 Å². The summed E-state index contributed by atoms with van der Waals surface area (Å²) in [6.07, 6.45) is 2.34. The van der Waals surface area contributed by atoms with E-state index in [1.165, 1.54) is 0 Å². The molecular weight excluding hydrogens is 232 g/mol. The molecule has 0 bridgehead atoms. The van der Waals surface area contributed by atoms with E-state index in [9.17, 15) is 0 Å². The number of rotatable bonds is 6. The lowest BCUT2D eigenvalue weighted by atomic mass is 10.2. The number of aliphatic hydroxyl groups is 1. The Morgan fingerprint density at radius 1 is 1.50 bits per heavy atom. The molecule has 0 spiro atoms. The number of anilines is 2. The largest absolute Gasteiger partial charge is 0.489 e. The number of ether oxygens (including phenoxy) is 2. The van der Waals surface area contributed by atoms with Crippen LogP contribution in [0.1, 0.15) is 12.8 Å². The number of nitrogen functional groups attached to an aromatic ring is 1. The molecule has 5 heteroatoms. The van der Waals surface area contributed by atoms with Crippen molar-refractivity contribution in [2.45, 2.75) is 18.9 Å². The van der Waals surface area contributed by atoms with Crippen LogP contribution in [0.4, 0.5) is 11.4 Å². The molecule has 1 atom stereocenters. The minimum atomic E-state index is 0.0694. The predicted octanol–water partition coefficient (Wildman–Crippen LogP) is 1.23. The second-order valence-electron chi connectivity index (χ2n) is 4.35. The Bertz CT molecular complexity index is 378. The number of benzene rings is 1. The van der Waals surface area contributed by atoms with Crippen molar-refractivity contribution in [2.75, 3.05) is 37.4 Å². The Morgan fingerprint density at radius 2 is 2.39 bits per heavy atom. The molecule has 0 radical (unpaired) electrons. The molecule has 1 unspecified atom stereocenters. The summed E-state index contributed by atoms with van der Waals surface area (Å²) in [5, 5.41) is 11.9. The van der Waals surface area contributed by atoms with Crippen molar-refractivity contribution in [1.82, 2.24) is 0 Å². The van der Waals surface area contributed by atoms with Crippen LogP contribution in [-0.4, -0.2) is 37.6 Å². The summed E-state index contributed by atoms with van der Waals surface area (Å²) in [6, 6.07) is 5.44. The average molecular weight is 252 g/mol. The van der Waals surface area contributed by atoms with Gasteiger partial charge >= 0.3 is 0 Å². The topological polar surface area (TPSA) is 76.7 Å². The van der Waals surface area contributed by atoms with Gasteiger partial charge in [-0.25, -0.2) is 0 Å². The minimum Gasteiger partial charge on any atom is -0.489 e. The lowest BCUT2D eigenvalue weighted by Crippen LogP contribution is -2.17. The zero-order chi connectivity index (χ0) is 12.8. The van der Waals surface area contributed by atoms with Crippen LogP contribution in [-0.2, 0) is 4.74 Å². The zero-order valence-electron chi connectivity index (χ0n) is 10.4. The molecule has 1 saturated heterocycles. The summed E-state index contributed by atoms with van der Waals surface area (Å²) in [5.74, 6) is 0.744. The average Bonchev–Trinajstić information content (AvgIpc) is 2.88. The molecule has 2 rings (SSSR count). The van der Waals surface area contributed by atoms with Crippen LogP contribution in [0.25, 0.3) is 0 Å². The molecule has 0 saturated carbocycles. The van der Waals surface area contributed by atoms with Crippen molar-refractivity contribution in [1.29, 1.82) is 0 Å². The third kappa shape index (κ3) is 3.51. The van der Waals surface area contributed by atoms with E-state index in [0.29, 0.717) is 18.8 Å². The van der Waals surface area contributed by atoms with Gasteiger partial charge in [-0.3, -0.25) is 0 Å². The van der Waals surface area contributed by atoms with Crippen molar-refractivity contribution in [3.63, 3.8) is 0 Å². The third-order valence-corrected chi connectivity index (χ3v) is 2.88. The molecule has 0 aromatic heterocycles. The van der Waals surface area contributed by atoms with Gasteiger partial charge < -0.3 is 25.6 Å². The SMILES string of the molecule is Nc1ccc(OCC2CCCO2)c(NCCO)c1. The van der Waals surface area contributed by atoms with Crippen molar-refractivity contribution in [3.05, 3.63) is 18.2 Å². The Balaban J connectivity index is 1.96. The molecule has 1 aromatic carbocycles. The summed E-state index contributed by atoms with van der Waals surface area (Å²) in [5.41, 5.74) is 7.21. The Kier molecular flexibility index (Phi) is 4.66. The fourth-order valence-corrected chi connectivity index (χ4v) is 1.96. The molecule has 1 fully saturated rings. The lowest BCUT2D eigenvalue weighted by molar-refractivity contribution is 0.0682. The number of aliphatic hydroxyl groups excluding tert-OH is 1. The Morgan fingerprint density at radius 3 is 3.11 bits per heavy atom. The summed E-state index contributed by atoms with van der Waals surface area (Å²) >= 11 is 0. The first-order valence-corrected chi connectivity index (χ1v) is 6.28. The second kappa shape index (κ2) is 6.47. The first kappa shape index (κ1) is 13.0. The maximum Gasteiger partial charge on any atom is 0.142 e. The number of hydrogen-bond acceptors (Lipinski definition) is 5. The maximum absolute atomic E-state index is 8.84. The highest BCUT2D eigenvalue weighted by molar-refractivity contribution is 5.63. The van der Waals surface area contributed by atoms with Gasteiger partial charge in [-0.15, -0.1) is 0 Å². The predicted molar refractivity (Wildman–Crippen MR) is 70.9 cm³/mol. The summed E-state index contributed by atoms with van der Waals surface area (Å²) in [4.78, 5) is 0. The van der Waals surface area contributed by atoms with Gasteiger partial charge in [0, 0.05) is 18.8 Å². The Labute approximate surface area is 107 Å². The first-order chi connectivity index (χ1) is 8.79. The highest BCUT2D eigenvalue weighted by atomic mass is 16.5. The maximum atomic E-state index is 8.84. The summed E-state index contributed by atoms with van der Waals surface area (Å²) in [6.45, 7) is 1.92. The van der Waals surface area contributed by atoms with Gasteiger partial charge in [0.05, 0.1) is 18.4 Å². The molecule has 1 aliphatic heterocycles. The standard InChI is InChI=1S/C13H20N2O3/c14-10-3-4-13(12(8-10)15-5-6-16)18-9-11-2-1-7-17-11/h3-4,8,11,15-16H,1-2,5-7,9,14H2. The fourth-order valence-electron chi connectivity index (χ4n) is 1.96. The molecule has 0 amide bonds. The molecule has 100 valence electrons. The van der Waals surface area contributed by atoms with E-state index in [1.54, 1.807) is 12.1 Å². The van der Waals surface area contributed by atoms with E-state index in [-0.39, 0.29) is 12.7 Å². The van der Waals surface area contributed by atoms with E-state index in [2.05, 4.69) is 5.32 Å². The smallest absolute Gasteiger partial charge is 0.142 e. The van der Waals surface area contributed by atoms with Gasteiger partial charge in [0.1, 0.15) is 12.4 Å². The summed E-state index contributed by atoms with van der Waals surface area (Å²) in [7, 11) is 0. The quantitative estimate of drug-likeness (QED) is 0.664. The van der Waals surface area contributed by atoms with Crippen molar-refractivity contribution in [2.24, 2.45) is 0 Å². The highest BCUT2D eigenvalue weighted by Crippen LogP contribution is 2.27. The molecule has 0 aliphatic carbocycles. The second-order valence-corrected chi connectivity index (χ2v) is 4.35. The fraction of sp³-hybridized carbons (Fsp3) is 0.538. The lowest BCUT2D eigenvalue weighted by Gasteiger charge is -2.15. The van der Waals surface area contributed by atoms with E-state index in [1.807, 2.05) is 6.07 Å². The van der Waals surface area contributed by atoms with Gasteiger partial charge in [0.25, 0.3) is 0 Å². The first-order valence-electron chi connectivity index (χ1n) is 6.28. The van der Waals surface area contributed by atoms with Gasteiger partial charge in [0.15, 0.2) is 0 Å². The zero-order valence-corrected chi connectivity index (χ0v) is 10.4. The van der Waals surface area contributed by atoms with Gasteiger partial charge in [-0.05, 0) is 31.0 Å². The minimum absolute atomic E-state index is 0.0694. The number of nitrogens with two attached hydrogens (primary N) is 1. The monoisotopic (exact) mass is 252 g/mol. The van der Waals surface area contributed by atoms with Gasteiger partial charge in [-0.2, -0.15) is 0 Å². The number of nitrogens with one attached hydrogen (secondary N) is 1. The van der Waals surface area contributed by atoms with Crippen LogP contribution in [0, 0.1) is 0 Å². The summed E-state index contributed by atoms with van der Waals surface area (Å²) < 4.78 is 11.3. The molecule has 1 aliphatic rings. The van der Waals surface area contributed by atoms with Crippen molar-refractivity contribution < 1.29 is 14.6 Å². The third-order valence-electron chi connectivity index (χ3n) is 2.88. The Hall–Kier alpha value is -1.46. The van der Waals surface area contributed by atoms with E-state index in [0.717, 1.165) is 30.9 Å². The van der Waals surface area contributed by atoms with E-state index < -0.39 is 0 Å². The van der Waals surface area contributed by atoms with Crippen LogP contribution in [0.15, 0.2) is 18.2 Å². The molecule has 1 heterocycles. The molecular formula is C13H20N2O3. The molecule has 5 nitrogen and oxygen atoms in total. The van der Waals surface area contributed by atoms with Crippen LogP contribution in [0.3, 0.4) is 0 Å². The highest BCUT2D eigenvalue weighted by Gasteiger charge is 2.16.